The molecule has 128 valence electrons. The number of oxazole rings is 1. The fourth-order valence-electron chi connectivity index (χ4n) is 2.88. The van der Waals surface area contributed by atoms with Gasteiger partial charge >= 0.3 is 0 Å². The average Bonchev–Trinajstić information content (AvgIpc) is 3.42. The molecule has 0 spiro atoms. The second-order valence-corrected chi connectivity index (χ2v) is 6.91. The van der Waals surface area contributed by atoms with Crippen molar-refractivity contribution in [2.45, 2.75) is 0 Å². The molecule has 6 aromatic rings. The third-order valence-corrected chi connectivity index (χ3v) is 5.17. The number of H-pyrrole nitrogens is 1. The summed E-state index contributed by atoms with van der Waals surface area (Å²) in [5.41, 5.74) is 5.00. The van der Waals surface area contributed by atoms with Gasteiger partial charge in [0, 0.05) is 12.4 Å². The lowest BCUT2D eigenvalue weighted by atomic mass is 10.3. The molecule has 0 aliphatic carbocycles. The number of aromatic nitrogens is 7. The molecule has 0 radical (unpaired) electrons. The first-order valence-corrected chi connectivity index (χ1v) is 8.94. The Morgan fingerprint density at radius 2 is 1.93 bits per heavy atom. The molecule has 0 unspecified atom stereocenters. The molecule has 0 fully saturated rings. The molecular weight excluding hydrogens is 362 g/mol. The molecule has 9 heteroatoms. The van der Waals surface area contributed by atoms with Crippen LogP contribution in [0.15, 0.2) is 53.5 Å². The van der Waals surface area contributed by atoms with Gasteiger partial charge in [-0.1, -0.05) is 0 Å². The molecule has 0 aliphatic heterocycles. The van der Waals surface area contributed by atoms with Crippen LogP contribution in [-0.2, 0) is 0 Å². The van der Waals surface area contributed by atoms with Gasteiger partial charge in [0.25, 0.3) is 0 Å². The van der Waals surface area contributed by atoms with E-state index < -0.39 is 0 Å². The highest BCUT2D eigenvalue weighted by Gasteiger charge is 2.14. The van der Waals surface area contributed by atoms with Gasteiger partial charge in [0.15, 0.2) is 22.5 Å². The van der Waals surface area contributed by atoms with Crippen molar-refractivity contribution < 1.29 is 4.42 Å². The van der Waals surface area contributed by atoms with E-state index in [-0.39, 0.29) is 0 Å². The predicted molar refractivity (Wildman–Crippen MR) is 101 cm³/mol. The first kappa shape index (κ1) is 14.4. The summed E-state index contributed by atoms with van der Waals surface area (Å²) in [6.07, 6.45) is 5.03. The second-order valence-electron chi connectivity index (χ2n) is 5.88. The van der Waals surface area contributed by atoms with Crippen LogP contribution >= 0.6 is 11.3 Å². The number of hydrogen-bond acceptors (Lipinski definition) is 8. The van der Waals surface area contributed by atoms with Crippen LogP contribution in [0.4, 0.5) is 0 Å². The molecule has 0 bridgehead atoms. The summed E-state index contributed by atoms with van der Waals surface area (Å²) in [5.74, 6) is 0.490. The lowest BCUT2D eigenvalue weighted by molar-refractivity contribution is 0.619. The standard InChI is InChI=1S/C18H9N7OS/c1-2-12-15(19-5-1)24-17(26-12)9-6-13-16(20-7-9)25-18(27-13)11-4-3-10-14(23-11)22-8-21-10/h1-8H,(H,21,22,23). The molecule has 27 heavy (non-hydrogen) atoms. The normalized spacial score (nSPS) is 11.7. The predicted octanol–water partition coefficient (Wildman–Crippen LogP) is 3.83. The highest BCUT2D eigenvalue weighted by molar-refractivity contribution is 7.21. The number of nitrogens with one attached hydrogen (secondary N) is 1. The smallest absolute Gasteiger partial charge is 0.230 e. The summed E-state index contributed by atoms with van der Waals surface area (Å²) >= 11 is 1.52. The zero-order valence-electron chi connectivity index (χ0n) is 13.6. The molecule has 0 aliphatic rings. The molecule has 0 aromatic carbocycles. The maximum atomic E-state index is 5.78. The van der Waals surface area contributed by atoms with Gasteiger partial charge in [-0.15, -0.1) is 11.3 Å². The number of nitrogens with zero attached hydrogens (tertiary/aromatic N) is 6. The number of fused-ring (bicyclic) bond motifs is 3. The number of imidazole rings is 1. The van der Waals surface area contributed by atoms with Gasteiger partial charge in [-0.2, -0.15) is 4.98 Å². The highest BCUT2D eigenvalue weighted by atomic mass is 32.1. The van der Waals surface area contributed by atoms with E-state index in [1.165, 1.54) is 11.3 Å². The zero-order valence-corrected chi connectivity index (χ0v) is 14.4. The number of aromatic amines is 1. The van der Waals surface area contributed by atoms with Crippen molar-refractivity contribution in [1.82, 2.24) is 34.9 Å². The van der Waals surface area contributed by atoms with Crippen LogP contribution in [0.3, 0.4) is 0 Å². The Kier molecular flexibility index (Phi) is 2.88. The van der Waals surface area contributed by atoms with Crippen LogP contribution in [0.1, 0.15) is 0 Å². The monoisotopic (exact) mass is 371 g/mol. The van der Waals surface area contributed by atoms with Gasteiger partial charge < -0.3 is 9.40 Å². The van der Waals surface area contributed by atoms with E-state index in [1.807, 2.05) is 30.3 Å². The van der Waals surface area contributed by atoms with Crippen molar-refractivity contribution in [3.63, 3.8) is 0 Å². The molecule has 0 saturated carbocycles. The van der Waals surface area contributed by atoms with E-state index in [2.05, 4.69) is 34.9 Å². The Balaban J connectivity index is 1.46. The number of pyridine rings is 3. The fraction of sp³-hybridized carbons (Fsp3) is 0. The SMILES string of the molecule is c1cnc2nc(-c3cnc4nc(-c5ccc6[nH]cnc6n5)sc4c3)oc2c1. The van der Waals surface area contributed by atoms with E-state index in [0.29, 0.717) is 28.4 Å². The first-order valence-electron chi connectivity index (χ1n) is 8.12. The lowest BCUT2D eigenvalue weighted by Gasteiger charge is -1.93. The van der Waals surface area contributed by atoms with Crippen LogP contribution < -0.4 is 0 Å². The molecule has 8 nitrogen and oxygen atoms in total. The number of thiazole rings is 1. The van der Waals surface area contributed by atoms with Crippen LogP contribution in [0, 0.1) is 0 Å². The Hall–Kier alpha value is -3.72. The Bertz CT molecular complexity index is 1420. The molecular formula is C18H9N7OS. The van der Waals surface area contributed by atoms with E-state index >= 15 is 0 Å². The van der Waals surface area contributed by atoms with Crippen LogP contribution in [-0.4, -0.2) is 34.9 Å². The molecule has 0 atom stereocenters. The van der Waals surface area contributed by atoms with Gasteiger partial charge in [0.2, 0.25) is 5.89 Å². The van der Waals surface area contributed by atoms with Gasteiger partial charge in [0.05, 0.1) is 22.1 Å². The van der Waals surface area contributed by atoms with E-state index in [1.54, 1.807) is 18.7 Å². The van der Waals surface area contributed by atoms with Gasteiger partial charge in [-0.05, 0) is 30.3 Å². The van der Waals surface area contributed by atoms with Crippen molar-refractivity contribution in [2.75, 3.05) is 0 Å². The minimum atomic E-state index is 0.490. The quantitative estimate of drug-likeness (QED) is 0.493. The maximum absolute atomic E-state index is 5.78. The summed E-state index contributed by atoms with van der Waals surface area (Å²) in [4.78, 5) is 29.5. The minimum absolute atomic E-state index is 0.490. The summed E-state index contributed by atoms with van der Waals surface area (Å²) < 4.78 is 6.71. The van der Waals surface area contributed by atoms with Crippen molar-refractivity contribution in [2.24, 2.45) is 0 Å². The van der Waals surface area contributed by atoms with Crippen molar-refractivity contribution in [1.29, 1.82) is 0 Å². The number of rotatable bonds is 2. The topological polar surface area (TPSA) is 106 Å². The Labute approximate surface area is 155 Å². The zero-order chi connectivity index (χ0) is 17.8. The van der Waals surface area contributed by atoms with Gasteiger partial charge in [0.1, 0.15) is 10.7 Å². The van der Waals surface area contributed by atoms with E-state index in [9.17, 15) is 0 Å². The molecule has 0 saturated heterocycles. The van der Waals surface area contributed by atoms with Crippen molar-refractivity contribution >= 4 is 44.1 Å². The van der Waals surface area contributed by atoms with Crippen LogP contribution in [0.2, 0.25) is 0 Å². The molecule has 1 N–H and O–H groups in total. The molecule has 6 rings (SSSR count). The minimum Gasteiger partial charge on any atom is -0.434 e. The van der Waals surface area contributed by atoms with Crippen LogP contribution in [0.25, 0.3) is 54.9 Å². The summed E-state index contributed by atoms with van der Waals surface area (Å²) in [7, 11) is 0. The summed E-state index contributed by atoms with van der Waals surface area (Å²) in [5, 5.41) is 0.791. The maximum Gasteiger partial charge on any atom is 0.230 e. The third-order valence-electron chi connectivity index (χ3n) is 4.16. The lowest BCUT2D eigenvalue weighted by Crippen LogP contribution is -1.84. The second kappa shape index (κ2) is 5.39. The molecule has 6 aromatic heterocycles. The van der Waals surface area contributed by atoms with Crippen molar-refractivity contribution in [3.05, 3.63) is 49.1 Å². The highest BCUT2D eigenvalue weighted by Crippen LogP contribution is 2.32. The Morgan fingerprint density at radius 1 is 0.926 bits per heavy atom. The average molecular weight is 371 g/mol. The molecule has 0 amide bonds. The van der Waals surface area contributed by atoms with Crippen LogP contribution in [0.5, 0.6) is 0 Å². The summed E-state index contributed by atoms with van der Waals surface area (Å²) in [6, 6.07) is 9.50. The largest absolute Gasteiger partial charge is 0.434 e. The third kappa shape index (κ3) is 2.29. The van der Waals surface area contributed by atoms with Gasteiger partial charge in [-0.3, -0.25) is 0 Å². The Morgan fingerprint density at radius 3 is 2.89 bits per heavy atom. The first-order chi connectivity index (χ1) is 13.3. The van der Waals surface area contributed by atoms with E-state index in [4.69, 9.17) is 4.42 Å². The summed E-state index contributed by atoms with van der Waals surface area (Å²) in [6.45, 7) is 0. The van der Waals surface area contributed by atoms with E-state index in [0.717, 1.165) is 26.5 Å². The number of hydrogen-bond donors (Lipinski definition) is 1. The van der Waals surface area contributed by atoms with Crippen molar-refractivity contribution in [3.8, 4) is 22.2 Å². The van der Waals surface area contributed by atoms with Gasteiger partial charge in [-0.25, -0.2) is 24.9 Å². The molecule has 6 heterocycles. The fourth-order valence-corrected chi connectivity index (χ4v) is 3.81.